The molecule has 12 heavy (non-hydrogen) atoms. The van der Waals surface area contributed by atoms with Gasteiger partial charge in [-0.2, -0.15) is 0 Å². The summed E-state index contributed by atoms with van der Waals surface area (Å²) in [5.74, 6) is 0.0378. The summed E-state index contributed by atoms with van der Waals surface area (Å²) in [5.41, 5.74) is 0.686. The quantitative estimate of drug-likeness (QED) is 0.700. The Bertz CT molecular complexity index is 225. The fraction of sp³-hybridized carbons (Fsp3) is 0.333. The van der Waals surface area contributed by atoms with Gasteiger partial charge in [-0.25, -0.2) is 0 Å². The molecule has 1 aromatic carbocycles. The average Bonchev–Trinajstić information content (AvgIpc) is 2.17. The van der Waals surface area contributed by atoms with Crippen LogP contribution >= 0.6 is 11.6 Å². The van der Waals surface area contributed by atoms with Crippen LogP contribution < -0.4 is 0 Å². The zero-order valence-corrected chi connectivity index (χ0v) is 7.28. The monoisotopic (exact) mass is 186 g/mol. The Morgan fingerprint density at radius 2 is 1.75 bits per heavy atom. The van der Waals surface area contributed by atoms with E-state index in [0.29, 0.717) is 5.56 Å². The SMILES string of the molecule is OC(CCl)C(O)c1ccccc1. The molecule has 0 amide bonds. The molecule has 0 saturated carbocycles. The molecule has 2 nitrogen and oxygen atoms in total. The normalized spacial score (nSPS) is 15.6. The second-order valence-corrected chi connectivity index (χ2v) is 2.89. The summed E-state index contributed by atoms with van der Waals surface area (Å²) in [6.07, 6.45) is -1.78. The van der Waals surface area contributed by atoms with E-state index >= 15 is 0 Å². The fourth-order valence-corrected chi connectivity index (χ4v) is 1.13. The number of aliphatic hydroxyl groups is 2. The summed E-state index contributed by atoms with van der Waals surface area (Å²) in [6, 6.07) is 8.96. The van der Waals surface area contributed by atoms with E-state index in [-0.39, 0.29) is 5.88 Å². The van der Waals surface area contributed by atoms with Crippen LogP contribution in [-0.4, -0.2) is 22.2 Å². The second kappa shape index (κ2) is 4.45. The molecule has 0 bridgehead atoms. The predicted molar refractivity (Wildman–Crippen MR) is 48.1 cm³/mol. The van der Waals surface area contributed by atoms with Crippen molar-refractivity contribution in [3.8, 4) is 0 Å². The Hall–Kier alpha value is -0.570. The molecule has 0 aliphatic carbocycles. The van der Waals surface area contributed by atoms with Crippen LogP contribution in [0.4, 0.5) is 0 Å². The van der Waals surface area contributed by atoms with Gasteiger partial charge in [0.05, 0.1) is 12.0 Å². The lowest BCUT2D eigenvalue weighted by Crippen LogP contribution is -2.19. The molecule has 0 fully saturated rings. The van der Waals surface area contributed by atoms with E-state index < -0.39 is 12.2 Å². The largest absolute Gasteiger partial charge is 0.389 e. The highest BCUT2D eigenvalue weighted by Gasteiger charge is 2.16. The summed E-state index contributed by atoms with van der Waals surface area (Å²) in [7, 11) is 0. The van der Waals surface area contributed by atoms with Crippen molar-refractivity contribution in [1.82, 2.24) is 0 Å². The van der Waals surface area contributed by atoms with Gasteiger partial charge in [0.25, 0.3) is 0 Å². The number of hydrogen-bond acceptors (Lipinski definition) is 2. The molecule has 2 N–H and O–H groups in total. The van der Waals surface area contributed by atoms with Crippen LogP contribution in [0.5, 0.6) is 0 Å². The van der Waals surface area contributed by atoms with Gasteiger partial charge in [0.1, 0.15) is 6.10 Å². The maximum absolute atomic E-state index is 9.45. The third-order valence-corrected chi connectivity index (χ3v) is 1.98. The molecular weight excluding hydrogens is 176 g/mol. The molecule has 0 heterocycles. The molecule has 2 unspecified atom stereocenters. The van der Waals surface area contributed by atoms with Gasteiger partial charge in [-0.05, 0) is 5.56 Å². The summed E-state index contributed by atoms with van der Waals surface area (Å²) < 4.78 is 0. The van der Waals surface area contributed by atoms with E-state index in [0.717, 1.165) is 0 Å². The Labute approximate surface area is 76.4 Å². The molecule has 0 radical (unpaired) electrons. The van der Waals surface area contributed by atoms with Crippen molar-refractivity contribution in [2.45, 2.75) is 12.2 Å². The van der Waals surface area contributed by atoms with E-state index in [2.05, 4.69) is 0 Å². The van der Waals surface area contributed by atoms with Crippen LogP contribution in [0.3, 0.4) is 0 Å². The maximum Gasteiger partial charge on any atom is 0.106 e. The minimum absolute atomic E-state index is 0.0378. The lowest BCUT2D eigenvalue weighted by atomic mass is 10.1. The van der Waals surface area contributed by atoms with Crippen LogP contribution in [0, 0.1) is 0 Å². The van der Waals surface area contributed by atoms with E-state index in [1.165, 1.54) is 0 Å². The number of benzene rings is 1. The number of aliphatic hydroxyl groups excluding tert-OH is 2. The average molecular weight is 187 g/mol. The van der Waals surface area contributed by atoms with Crippen molar-refractivity contribution in [2.24, 2.45) is 0 Å². The van der Waals surface area contributed by atoms with Gasteiger partial charge < -0.3 is 10.2 Å². The van der Waals surface area contributed by atoms with Crippen LogP contribution in [0.1, 0.15) is 11.7 Å². The van der Waals surface area contributed by atoms with Gasteiger partial charge in [-0.3, -0.25) is 0 Å². The third-order valence-electron chi connectivity index (χ3n) is 1.66. The summed E-state index contributed by atoms with van der Waals surface area (Å²) in [6.45, 7) is 0. The van der Waals surface area contributed by atoms with Gasteiger partial charge in [0.15, 0.2) is 0 Å². The van der Waals surface area contributed by atoms with E-state index in [4.69, 9.17) is 11.6 Å². The molecule has 0 aliphatic rings. The summed E-state index contributed by atoms with van der Waals surface area (Å²) >= 11 is 5.39. The molecule has 3 heteroatoms. The molecule has 1 rings (SSSR count). The minimum atomic E-state index is -0.894. The van der Waals surface area contributed by atoms with E-state index in [1.54, 1.807) is 24.3 Å². The molecule has 2 atom stereocenters. The van der Waals surface area contributed by atoms with Crippen molar-refractivity contribution in [3.05, 3.63) is 35.9 Å². The maximum atomic E-state index is 9.45. The lowest BCUT2D eigenvalue weighted by molar-refractivity contribution is 0.0327. The second-order valence-electron chi connectivity index (χ2n) is 2.58. The molecule has 0 aromatic heterocycles. The van der Waals surface area contributed by atoms with Gasteiger partial charge in [-0.15, -0.1) is 11.6 Å². The van der Waals surface area contributed by atoms with Crippen LogP contribution in [0.2, 0.25) is 0 Å². The number of rotatable bonds is 3. The van der Waals surface area contributed by atoms with Crippen molar-refractivity contribution in [1.29, 1.82) is 0 Å². The van der Waals surface area contributed by atoms with Gasteiger partial charge >= 0.3 is 0 Å². The Balaban J connectivity index is 2.71. The smallest absolute Gasteiger partial charge is 0.106 e. The summed E-state index contributed by atoms with van der Waals surface area (Å²) in [5, 5.41) is 18.7. The zero-order valence-electron chi connectivity index (χ0n) is 6.52. The Morgan fingerprint density at radius 3 is 2.25 bits per heavy atom. The number of alkyl halides is 1. The first-order valence-corrected chi connectivity index (χ1v) is 4.26. The molecule has 1 aromatic rings. The van der Waals surface area contributed by atoms with Crippen molar-refractivity contribution in [2.75, 3.05) is 5.88 Å². The summed E-state index contributed by atoms with van der Waals surface area (Å²) in [4.78, 5) is 0. The Morgan fingerprint density at radius 1 is 1.17 bits per heavy atom. The first-order chi connectivity index (χ1) is 5.75. The van der Waals surface area contributed by atoms with Crippen molar-refractivity contribution in [3.63, 3.8) is 0 Å². The zero-order chi connectivity index (χ0) is 8.97. The topological polar surface area (TPSA) is 40.5 Å². The number of hydrogen-bond donors (Lipinski definition) is 2. The van der Waals surface area contributed by atoms with Crippen LogP contribution in [-0.2, 0) is 0 Å². The highest BCUT2D eigenvalue weighted by molar-refractivity contribution is 6.18. The third kappa shape index (κ3) is 2.21. The standard InChI is InChI=1S/C9H11ClO2/c10-6-8(11)9(12)7-4-2-1-3-5-7/h1-5,8-9,11-12H,6H2. The molecule has 0 saturated heterocycles. The molecule has 66 valence electrons. The predicted octanol–water partition coefficient (Wildman–Crippen LogP) is 1.32. The highest BCUT2D eigenvalue weighted by atomic mass is 35.5. The van der Waals surface area contributed by atoms with E-state index in [1.807, 2.05) is 6.07 Å². The van der Waals surface area contributed by atoms with Crippen molar-refractivity contribution >= 4 is 11.6 Å². The van der Waals surface area contributed by atoms with Crippen LogP contribution in [0.15, 0.2) is 30.3 Å². The first-order valence-electron chi connectivity index (χ1n) is 3.72. The van der Waals surface area contributed by atoms with Gasteiger partial charge in [0.2, 0.25) is 0 Å². The van der Waals surface area contributed by atoms with Crippen molar-refractivity contribution < 1.29 is 10.2 Å². The lowest BCUT2D eigenvalue weighted by Gasteiger charge is -2.14. The molecule has 0 spiro atoms. The number of halogens is 1. The van der Waals surface area contributed by atoms with Gasteiger partial charge in [0, 0.05) is 0 Å². The molecular formula is C9H11ClO2. The fourth-order valence-electron chi connectivity index (χ4n) is 0.957. The molecule has 0 aliphatic heterocycles. The first kappa shape index (κ1) is 9.52. The highest BCUT2D eigenvalue weighted by Crippen LogP contribution is 2.16. The minimum Gasteiger partial charge on any atom is -0.389 e. The Kier molecular flexibility index (Phi) is 3.53. The van der Waals surface area contributed by atoms with E-state index in [9.17, 15) is 10.2 Å². The van der Waals surface area contributed by atoms with Gasteiger partial charge in [-0.1, -0.05) is 30.3 Å². The van der Waals surface area contributed by atoms with Crippen LogP contribution in [0.25, 0.3) is 0 Å².